The van der Waals surface area contributed by atoms with E-state index in [0.717, 1.165) is 6.07 Å². The number of nitrogens with zero attached hydrogens (tertiary/aromatic N) is 3. The molecule has 10 nitrogen and oxygen atoms in total. The van der Waals surface area contributed by atoms with Crippen molar-refractivity contribution in [2.24, 2.45) is 5.41 Å². The SMILES string of the molecule is CC(C)(C)C[C@H](NC(=O)C(=O)Nc1ccc(C(F)(F)F)cn1)C(=O)N1C[C@]2(CC1C#N)C(=O)Nc1ccccc12. The Balaban J connectivity index is 1.53. The van der Waals surface area contributed by atoms with Crippen molar-refractivity contribution in [3.05, 3.63) is 53.7 Å². The van der Waals surface area contributed by atoms with Gasteiger partial charge in [0.2, 0.25) is 11.8 Å². The van der Waals surface area contributed by atoms with E-state index in [1.54, 1.807) is 24.3 Å². The van der Waals surface area contributed by atoms with Gasteiger partial charge in [-0.1, -0.05) is 39.0 Å². The number of halogens is 3. The minimum atomic E-state index is -4.62. The van der Waals surface area contributed by atoms with Gasteiger partial charge < -0.3 is 20.9 Å². The summed E-state index contributed by atoms with van der Waals surface area (Å²) in [6.07, 6.45) is -3.95. The van der Waals surface area contributed by atoms with Crippen molar-refractivity contribution < 1.29 is 32.3 Å². The fourth-order valence-electron chi connectivity index (χ4n) is 5.03. The molecule has 3 heterocycles. The van der Waals surface area contributed by atoms with E-state index in [2.05, 4.69) is 27.0 Å². The van der Waals surface area contributed by atoms with Crippen LogP contribution in [0.25, 0.3) is 0 Å². The van der Waals surface area contributed by atoms with E-state index in [1.807, 2.05) is 20.8 Å². The summed E-state index contributed by atoms with van der Waals surface area (Å²) < 4.78 is 38.3. The number of rotatable bonds is 4. The lowest BCUT2D eigenvalue weighted by Crippen LogP contribution is -2.53. The van der Waals surface area contributed by atoms with Crippen LogP contribution >= 0.6 is 0 Å². The molecule has 0 saturated carbocycles. The number of aromatic nitrogens is 1. The summed E-state index contributed by atoms with van der Waals surface area (Å²) >= 11 is 0. The summed E-state index contributed by atoms with van der Waals surface area (Å²) in [6, 6.07) is 8.52. The molecule has 1 unspecified atom stereocenters. The van der Waals surface area contributed by atoms with Crippen LogP contribution in [0.4, 0.5) is 24.7 Å². The van der Waals surface area contributed by atoms with E-state index in [0.29, 0.717) is 23.5 Å². The second kappa shape index (κ2) is 10.3. The van der Waals surface area contributed by atoms with Gasteiger partial charge in [-0.15, -0.1) is 0 Å². The number of fused-ring (bicyclic) bond motifs is 2. The maximum Gasteiger partial charge on any atom is 0.417 e. The number of pyridine rings is 1. The molecular formula is C27H27F3N6O4. The number of carbonyl (C=O) groups excluding carboxylic acids is 4. The van der Waals surface area contributed by atoms with Crippen LogP contribution in [-0.2, 0) is 30.8 Å². The molecule has 3 N–H and O–H groups in total. The van der Waals surface area contributed by atoms with Gasteiger partial charge in [0.1, 0.15) is 17.9 Å². The van der Waals surface area contributed by atoms with Crippen molar-refractivity contribution in [3.8, 4) is 6.07 Å². The van der Waals surface area contributed by atoms with Gasteiger partial charge in [-0.25, -0.2) is 4.98 Å². The van der Waals surface area contributed by atoms with E-state index in [1.165, 1.54) is 4.90 Å². The average Bonchev–Trinajstić information content (AvgIpc) is 3.40. The Hall–Kier alpha value is -4.47. The Labute approximate surface area is 227 Å². The Morgan fingerprint density at radius 3 is 2.48 bits per heavy atom. The lowest BCUT2D eigenvalue weighted by molar-refractivity contribution is -0.141. The van der Waals surface area contributed by atoms with E-state index in [-0.39, 0.29) is 31.1 Å². The first kappa shape index (κ1) is 28.5. The number of alkyl halides is 3. The van der Waals surface area contributed by atoms with Crippen molar-refractivity contribution in [1.29, 1.82) is 5.26 Å². The molecule has 13 heteroatoms. The predicted octanol–water partition coefficient (Wildman–Crippen LogP) is 2.97. The first-order valence-electron chi connectivity index (χ1n) is 12.4. The largest absolute Gasteiger partial charge is 0.417 e. The molecule has 1 saturated heterocycles. The highest BCUT2D eigenvalue weighted by molar-refractivity contribution is 6.39. The molecule has 4 amide bonds. The number of amides is 4. The third-order valence-electron chi connectivity index (χ3n) is 6.87. The van der Waals surface area contributed by atoms with E-state index < -0.39 is 52.4 Å². The highest BCUT2D eigenvalue weighted by Gasteiger charge is 2.56. The molecule has 0 radical (unpaired) electrons. The van der Waals surface area contributed by atoms with Crippen molar-refractivity contribution in [1.82, 2.24) is 15.2 Å². The molecule has 1 aromatic heterocycles. The number of benzene rings is 1. The molecular weight excluding hydrogens is 529 g/mol. The topological polar surface area (TPSA) is 144 Å². The molecule has 4 rings (SSSR count). The molecule has 0 aliphatic carbocycles. The zero-order valence-electron chi connectivity index (χ0n) is 21.9. The number of hydrogen-bond acceptors (Lipinski definition) is 6. The van der Waals surface area contributed by atoms with E-state index in [9.17, 15) is 37.6 Å². The number of carbonyl (C=O) groups is 4. The van der Waals surface area contributed by atoms with Crippen LogP contribution in [-0.4, -0.2) is 52.1 Å². The number of nitrogens with one attached hydrogen (secondary N) is 3. The molecule has 3 atom stereocenters. The second-order valence-electron chi connectivity index (χ2n) is 11.1. The number of anilines is 2. The van der Waals surface area contributed by atoms with Crippen molar-refractivity contribution in [3.63, 3.8) is 0 Å². The summed E-state index contributed by atoms with van der Waals surface area (Å²) in [4.78, 5) is 56.9. The van der Waals surface area contributed by atoms with Gasteiger partial charge in [0.25, 0.3) is 0 Å². The van der Waals surface area contributed by atoms with Gasteiger partial charge in [-0.2, -0.15) is 18.4 Å². The van der Waals surface area contributed by atoms with Gasteiger partial charge >= 0.3 is 18.0 Å². The minimum absolute atomic E-state index is 0.0638. The third kappa shape index (κ3) is 5.61. The lowest BCUT2D eigenvalue weighted by Gasteiger charge is -2.31. The molecule has 2 aromatic rings. The fourth-order valence-corrected chi connectivity index (χ4v) is 5.03. The summed E-state index contributed by atoms with van der Waals surface area (Å²) in [7, 11) is 0. The molecule has 1 spiro atoms. The van der Waals surface area contributed by atoms with Crippen LogP contribution in [0, 0.1) is 16.7 Å². The van der Waals surface area contributed by atoms with Crippen LogP contribution in [0.2, 0.25) is 0 Å². The van der Waals surface area contributed by atoms with Crippen LogP contribution in [0.3, 0.4) is 0 Å². The second-order valence-corrected chi connectivity index (χ2v) is 11.1. The maximum atomic E-state index is 13.8. The highest BCUT2D eigenvalue weighted by atomic mass is 19.4. The van der Waals surface area contributed by atoms with Gasteiger partial charge in [0.15, 0.2) is 0 Å². The van der Waals surface area contributed by atoms with Gasteiger partial charge in [0, 0.05) is 24.8 Å². The van der Waals surface area contributed by atoms with Crippen molar-refractivity contribution in [2.45, 2.75) is 57.3 Å². The smallest absolute Gasteiger partial charge is 0.336 e. The molecule has 0 bridgehead atoms. The van der Waals surface area contributed by atoms with Crippen molar-refractivity contribution >= 4 is 35.1 Å². The number of likely N-dealkylation sites (tertiary alicyclic amines) is 1. The maximum absolute atomic E-state index is 13.8. The normalized spacial score (nSPS) is 20.9. The Kier molecular flexibility index (Phi) is 7.32. The van der Waals surface area contributed by atoms with E-state index >= 15 is 0 Å². The number of nitriles is 1. The predicted molar refractivity (Wildman–Crippen MR) is 136 cm³/mol. The summed E-state index contributed by atoms with van der Waals surface area (Å²) in [6.45, 7) is 5.36. The number of para-hydroxylation sites is 1. The Morgan fingerprint density at radius 2 is 1.88 bits per heavy atom. The Morgan fingerprint density at radius 1 is 1.18 bits per heavy atom. The van der Waals surface area contributed by atoms with Gasteiger partial charge in [0.05, 0.1) is 17.0 Å². The summed E-state index contributed by atoms with van der Waals surface area (Å²) in [5.41, 5.74) is -1.38. The minimum Gasteiger partial charge on any atom is -0.336 e. The molecule has 1 fully saturated rings. The van der Waals surface area contributed by atoms with Gasteiger partial charge in [-0.3, -0.25) is 19.2 Å². The molecule has 2 aliphatic heterocycles. The molecule has 40 heavy (non-hydrogen) atoms. The summed E-state index contributed by atoms with van der Waals surface area (Å²) in [5.74, 6) is -3.70. The quantitative estimate of drug-likeness (QED) is 0.494. The van der Waals surface area contributed by atoms with Crippen LogP contribution in [0.1, 0.15) is 44.7 Å². The van der Waals surface area contributed by atoms with Gasteiger partial charge in [-0.05, 0) is 35.6 Å². The first-order valence-corrected chi connectivity index (χ1v) is 12.4. The van der Waals surface area contributed by atoms with Crippen LogP contribution in [0.5, 0.6) is 0 Å². The van der Waals surface area contributed by atoms with Crippen LogP contribution < -0.4 is 16.0 Å². The third-order valence-corrected chi connectivity index (χ3v) is 6.87. The first-order chi connectivity index (χ1) is 18.6. The standard InChI is InChI=1S/C27H27F3N6O4/c1-25(2,3)11-19(33-21(37)22(38)35-20-9-8-15(13-32-20)27(28,29)30)23(39)36-14-26(10-16(36)12-31)17-6-4-5-7-18(17)34-24(26)40/h4-9,13,16,19H,10-11,14H2,1-3H3,(H,33,37)(H,34,40)(H,32,35,38)/t16?,19-,26-/m0/s1. The van der Waals surface area contributed by atoms with Crippen LogP contribution in [0.15, 0.2) is 42.6 Å². The zero-order valence-corrected chi connectivity index (χ0v) is 21.9. The fraction of sp³-hybridized carbons (Fsp3) is 0.407. The average molecular weight is 557 g/mol. The van der Waals surface area contributed by atoms with E-state index in [4.69, 9.17) is 0 Å². The lowest BCUT2D eigenvalue weighted by atomic mass is 9.80. The molecule has 210 valence electrons. The molecule has 2 aliphatic rings. The number of hydrogen-bond donors (Lipinski definition) is 3. The Bertz CT molecular complexity index is 1400. The zero-order chi connectivity index (χ0) is 29.5. The highest BCUT2D eigenvalue weighted by Crippen LogP contribution is 2.46. The molecule has 1 aromatic carbocycles. The van der Waals surface area contributed by atoms with Crippen molar-refractivity contribution in [2.75, 3.05) is 17.2 Å². The monoisotopic (exact) mass is 556 g/mol. The summed E-state index contributed by atoms with van der Waals surface area (Å²) in [5, 5.41) is 17.2.